The second-order valence-electron chi connectivity index (χ2n) is 4.16. The van der Waals surface area contributed by atoms with Crippen LogP contribution in [0.3, 0.4) is 0 Å². The van der Waals surface area contributed by atoms with Gasteiger partial charge in [-0.25, -0.2) is 9.97 Å². The smallest absolute Gasteiger partial charge is 0.130 e. The lowest BCUT2D eigenvalue weighted by Crippen LogP contribution is -2.23. The first-order valence-corrected chi connectivity index (χ1v) is 5.86. The van der Waals surface area contributed by atoms with Crippen molar-refractivity contribution < 1.29 is 4.74 Å². The summed E-state index contributed by atoms with van der Waals surface area (Å²) in [4.78, 5) is 9.01. The lowest BCUT2D eigenvalue weighted by Gasteiger charge is -2.24. The molecule has 0 saturated carbocycles. The Balaban J connectivity index is 2.18. The van der Waals surface area contributed by atoms with Crippen LogP contribution in [-0.2, 0) is 17.6 Å². The Morgan fingerprint density at radius 2 is 2.44 bits per heavy atom. The fourth-order valence-corrected chi connectivity index (χ4v) is 2.20. The van der Waals surface area contributed by atoms with E-state index < -0.39 is 0 Å². The van der Waals surface area contributed by atoms with Crippen LogP contribution in [0.15, 0.2) is 6.20 Å². The van der Waals surface area contributed by atoms with Crippen molar-refractivity contribution in [1.29, 1.82) is 0 Å². The Kier molecular flexibility index (Phi) is 3.85. The average molecular weight is 221 g/mol. The number of hydrogen-bond acceptors (Lipinski definition) is 4. The van der Waals surface area contributed by atoms with E-state index in [4.69, 9.17) is 4.74 Å². The number of nitrogens with one attached hydrogen (secondary N) is 1. The van der Waals surface area contributed by atoms with Gasteiger partial charge in [0.25, 0.3) is 0 Å². The predicted molar refractivity (Wildman–Crippen MR) is 62.4 cm³/mol. The van der Waals surface area contributed by atoms with Gasteiger partial charge in [0.2, 0.25) is 0 Å². The van der Waals surface area contributed by atoms with Crippen molar-refractivity contribution in [3.63, 3.8) is 0 Å². The van der Waals surface area contributed by atoms with Crippen LogP contribution in [0.25, 0.3) is 0 Å². The molecule has 0 spiro atoms. The summed E-state index contributed by atoms with van der Waals surface area (Å²) >= 11 is 0. The maximum absolute atomic E-state index is 5.04. The molecule has 1 aromatic rings. The minimum Gasteiger partial charge on any atom is -0.384 e. The second-order valence-corrected chi connectivity index (χ2v) is 4.16. The Bertz CT molecular complexity index is 354. The van der Waals surface area contributed by atoms with Gasteiger partial charge < -0.3 is 10.1 Å². The number of aryl methyl sites for hydroxylation is 1. The van der Waals surface area contributed by atoms with Gasteiger partial charge in [0.15, 0.2) is 0 Å². The molecule has 0 bridgehead atoms. The number of nitrogens with zero attached hydrogens (tertiary/aromatic N) is 2. The predicted octanol–water partition coefficient (Wildman–Crippen LogP) is 1.26. The molecule has 0 fully saturated rings. The Morgan fingerprint density at radius 3 is 3.19 bits per heavy atom. The lowest BCUT2D eigenvalue weighted by atomic mass is 9.92. The standard InChI is InChI=1S/C12H19N3O/c1-13-10-4-3-5-11-9(10)8-14-12(15-11)6-7-16-2/h8,10,13H,3-7H2,1-2H3. The summed E-state index contributed by atoms with van der Waals surface area (Å²) < 4.78 is 5.04. The third-order valence-electron chi connectivity index (χ3n) is 3.11. The summed E-state index contributed by atoms with van der Waals surface area (Å²) in [6.45, 7) is 0.689. The normalized spacial score (nSPS) is 19.5. The highest BCUT2D eigenvalue weighted by molar-refractivity contribution is 5.24. The molecule has 0 radical (unpaired) electrons. The summed E-state index contributed by atoms with van der Waals surface area (Å²) in [7, 11) is 3.70. The van der Waals surface area contributed by atoms with Gasteiger partial charge in [0, 0.05) is 37.0 Å². The van der Waals surface area contributed by atoms with E-state index in [0.29, 0.717) is 12.6 Å². The fraction of sp³-hybridized carbons (Fsp3) is 0.667. The molecule has 0 saturated heterocycles. The molecule has 4 heteroatoms. The van der Waals surface area contributed by atoms with E-state index in [-0.39, 0.29) is 0 Å². The first-order chi connectivity index (χ1) is 7.85. The van der Waals surface area contributed by atoms with Crippen LogP contribution in [0.5, 0.6) is 0 Å². The summed E-state index contributed by atoms with van der Waals surface area (Å²) in [5.41, 5.74) is 2.49. The zero-order chi connectivity index (χ0) is 11.4. The molecular weight excluding hydrogens is 202 g/mol. The highest BCUT2D eigenvalue weighted by atomic mass is 16.5. The van der Waals surface area contributed by atoms with Gasteiger partial charge in [0.1, 0.15) is 5.82 Å². The number of ether oxygens (including phenoxy) is 1. The van der Waals surface area contributed by atoms with Crippen molar-refractivity contribution in [1.82, 2.24) is 15.3 Å². The quantitative estimate of drug-likeness (QED) is 0.831. The van der Waals surface area contributed by atoms with Crippen molar-refractivity contribution >= 4 is 0 Å². The van der Waals surface area contributed by atoms with Crippen molar-refractivity contribution in [2.75, 3.05) is 20.8 Å². The highest BCUT2D eigenvalue weighted by Gasteiger charge is 2.20. The largest absolute Gasteiger partial charge is 0.384 e. The minimum absolute atomic E-state index is 0.431. The molecule has 1 heterocycles. The Morgan fingerprint density at radius 1 is 1.56 bits per heavy atom. The third-order valence-corrected chi connectivity index (χ3v) is 3.11. The molecule has 1 atom stereocenters. The molecule has 0 aromatic carbocycles. The maximum atomic E-state index is 5.04. The van der Waals surface area contributed by atoms with E-state index in [2.05, 4.69) is 15.3 Å². The van der Waals surface area contributed by atoms with Gasteiger partial charge >= 0.3 is 0 Å². The maximum Gasteiger partial charge on any atom is 0.130 e. The Hall–Kier alpha value is -1.00. The van der Waals surface area contributed by atoms with Crippen molar-refractivity contribution in [3.05, 3.63) is 23.3 Å². The van der Waals surface area contributed by atoms with E-state index in [0.717, 1.165) is 18.7 Å². The number of aromatic nitrogens is 2. The van der Waals surface area contributed by atoms with Crippen molar-refractivity contribution in [3.8, 4) is 0 Å². The van der Waals surface area contributed by atoms with E-state index in [1.54, 1.807) is 7.11 Å². The SMILES string of the molecule is CNC1CCCc2nc(CCOC)ncc21. The molecule has 1 N–H and O–H groups in total. The molecule has 88 valence electrons. The van der Waals surface area contributed by atoms with E-state index in [1.807, 2.05) is 13.2 Å². The summed E-state index contributed by atoms with van der Waals surface area (Å²) in [5, 5.41) is 3.32. The van der Waals surface area contributed by atoms with Crippen LogP contribution in [0, 0.1) is 0 Å². The minimum atomic E-state index is 0.431. The molecule has 4 nitrogen and oxygen atoms in total. The van der Waals surface area contributed by atoms with Crippen LogP contribution >= 0.6 is 0 Å². The van der Waals surface area contributed by atoms with Crippen LogP contribution in [0.4, 0.5) is 0 Å². The molecule has 0 aliphatic heterocycles. The Labute approximate surface area is 96.4 Å². The third kappa shape index (κ3) is 2.39. The van der Waals surface area contributed by atoms with Gasteiger partial charge in [-0.1, -0.05) is 0 Å². The topological polar surface area (TPSA) is 47.0 Å². The molecule has 1 aliphatic carbocycles. The summed E-state index contributed by atoms with van der Waals surface area (Å²) in [6, 6.07) is 0.431. The number of hydrogen-bond donors (Lipinski definition) is 1. The van der Waals surface area contributed by atoms with Gasteiger partial charge in [0.05, 0.1) is 6.61 Å². The fourth-order valence-electron chi connectivity index (χ4n) is 2.20. The molecule has 0 amide bonds. The van der Waals surface area contributed by atoms with Crippen molar-refractivity contribution in [2.45, 2.75) is 31.7 Å². The molecule has 16 heavy (non-hydrogen) atoms. The van der Waals surface area contributed by atoms with Gasteiger partial charge in [-0.15, -0.1) is 0 Å². The summed E-state index contributed by atoms with van der Waals surface area (Å²) in [5.74, 6) is 0.900. The average Bonchev–Trinajstić information content (AvgIpc) is 2.35. The van der Waals surface area contributed by atoms with Crippen LogP contribution in [0.2, 0.25) is 0 Å². The molecule has 1 aliphatic rings. The zero-order valence-corrected chi connectivity index (χ0v) is 9.99. The monoisotopic (exact) mass is 221 g/mol. The van der Waals surface area contributed by atoms with Gasteiger partial charge in [-0.05, 0) is 26.3 Å². The molecule has 1 unspecified atom stereocenters. The number of fused-ring (bicyclic) bond motifs is 1. The van der Waals surface area contributed by atoms with Gasteiger partial charge in [-0.2, -0.15) is 0 Å². The molecular formula is C12H19N3O. The zero-order valence-electron chi connectivity index (χ0n) is 9.99. The lowest BCUT2D eigenvalue weighted by molar-refractivity contribution is 0.200. The number of methoxy groups -OCH3 is 1. The molecule has 1 aromatic heterocycles. The first kappa shape index (κ1) is 11.5. The van der Waals surface area contributed by atoms with Crippen LogP contribution in [0.1, 0.15) is 36.0 Å². The van der Waals surface area contributed by atoms with Gasteiger partial charge in [-0.3, -0.25) is 0 Å². The second kappa shape index (κ2) is 5.37. The van der Waals surface area contributed by atoms with E-state index >= 15 is 0 Å². The highest BCUT2D eigenvalue weighted by Crippen LogP contribution is 2.27. The van der Waals surface area contributed by atoms with Crippen LogP contribution in [-0.4, -0.2) is 30.7 Å². The van der Waals surface area contributed by atoms with Crippen molar-refractivity contribution in [2.24, 2.45) is 0 Å². The van der Waals surface area contributed by atoms with E-state index in [9.17, 15) is 0 Å². The number of rotatable bonds is 4. The first-order valence-electron chi connectivity index (χ1n) is 5.86. The van der Waals surface area contributed by atoms with E-state index in [1.165, 1.54) is 24.1 Å². The van der Waals surface area contributed by atoms with Crippen LogP contribution < -0.4 is 5.32 Å². The molecule has 2 rings (SSSR count). The summed E-state index contributed by atoms with van der Waals surface area (Å²) in [6.07, 6.45) is 6.25.